The quantitative estimate of drug-likeness (QED) is 0.205. The Bertz CT molecular complexity index is 1120. The van der Waals surface area contributed by atoms with Crippen molar-refractivity contribution in [1.29, 1.82) is 0 Å². The van der Waals surface area contributed by atoms with Gasteiger partial charge in [0.2, 0.25) is 0 Å². The molecule has 1 aliphatic heterocycles. The predicted molar refractivity (Wildman–Crippen MR) is 135 cm³/mol. The van der Waals surface area contributed by atoms with Crippen LogP contribution in [0.2, 0.25) is 0 Å². The van der Waals surface area contributed by atoms with Crippen molar-refractivity contribution < 1.29 is 29.3 Å². The molecule has 1 unspecified atom stereocenters. The summed E-state index contributed by atoms with van der Waals surface area (Å²) in [5.74, 6) is -0.399. The van der Waals surface area contributed by atoms with E-state index in [1.807, 2.05) is 6.92 Å². The van der Waals surface area contributed by atoms with Gasteiger partial charge in [-0.1, -0.05) is 39.7 Å². The lowest BCUT2D eigenvalue weighted by atomic mass is 9.94. The first-order chi connectivity index (χ1) is 16.7. The summed E-state index contributed by atoms with van der Waals surface area (Å²) >= 11 is 0. The van der Waals surface area contributed by atoms with Gasteiger partial charge in [0.05, 0.1) is 25.3 Å². The van der Waals surface area contributed by atoms with Crippen molar-refractivity contribution in [2.75, 3.05) is 20.3 Å². The van der Waals surface area contributed by atoms with Crippen molar-refractivity contribution >= 4 is 17.4 Å². The number of hydrogen-bond acceptors (Lipinski definition) is 6. The molecule has 0 aromatic heterocycles. The van der Waals surface area contributed by atoms with E-state index in [9.17, 15) is 19.8 Å². The number of aryl methyl sites for hydroxylation is 1. The van der Waals surface area contributed by atoms with Crippen LogP contribution in [0.1, 0.15) is 62.8 Å². The van der Waals surface area contributed by atoms with Crippen molar-refractivity contribution in [3.05, 3.63) is 58.7 Å². The molecule has 0 aliphatic carbocycles. The number of carbonyl (C=O) groups is 2. The molecule has 0 radical (unpaired) electrons. The lowest BCUT2D eigenvalue weighted by Crippen LogP contribution is -2.30. The molecular formula is C28H35NO6. The molecule has 0 spiro atoms. The van der Waals surface area contributed by atoms with E-state index in [1.54, 1.807) is 30.3 Å². The summed E-state index contributed by atoms with van der Waals surface area (Å²) in [5.41, 5.74) is 1.76. The number of ketones is 1. The van der Waals surface area contributed by atoms with Crippen molar-refractivity contribution in [3.8, 4) is 17.2 Å². The molecule has 7 heteroatoms. The summed E-state index contributed by atoms with van der Waals surface area (Å²) in [7, 11) is 1.45. The second kappa shape index (κ2) is 11.3. The minimum Gasteiger partial charge on any atom is -0.507 e. The van der Waals surface area contributed by atoms with Gasteiger partial charge in [0.15, 0.2) is 11.5 Å². The Morgan fingerprint density at radius 1 is 1.09 bits per heavy atom. The van der Waals surface area contributed by atoms with Crippen LogP contribution in [0.3, 0.4) is 0 Å². The second-order valence-electron chi connectivity index (χ2n) is 9.32. The zero-order valence-corrected chi connectivity index (χ0v) is 21.1. The lowest BCUT2D eigenvalue weighted by Gasteiger charge is -2.25. The SMILES string of the molecule is CCCCCN1C(=O)C(=O)/C(=C(\O)c2ccc(OCC(C)C)c(C)c2)C1c1ccc(OC)c(O)c1. The molecule has 1 atom stereocenters. The molecule has 1 aliphatic rings. The van der Waals surface area contributed by atoms with E-state index in [0.29, 0.717) is 35.9 Å². The molecule has 0 saturated carbocycles. The number of nitrogens with zero attached hydrogens (tertiary/aromatic N) is 1. The van der Waals surface area contributed by atoms with Crippen molar-refractivity contribution in [2.24, 2.45) is 5.92 Å². The fourth-order valence-electron chi connectivity index (χ4n) is 4.24. The smallest absolute Gasteiger partial charge is 0.295 e. The van der Waals surface area contributed by atoms with Gasteiger partial charge in [0.1, 0.15) is 11.5 Å². The van der Waals surface area contributed by atoms with Crippen molar-refractivity contribution in [1.82, 2.24) is 4.90 Å². The number of carbonyl (C=O) groups excluding carboxylic acids is 2. The highest BCUT2D eigenvalue weighted by Gasteiger charge is 2.46. The third kappa shape index (κ3) is 5.61. The summed E-state index contributed by atoms with van der Waals surface area (Å²) in [6, 6.07) is 9.14. The molecule has 1 saturated heterocycles. The van der Waals surface area contributed by atoms with Gasteiger partial charge in [-0.05, 0) is 60.7 Å². The van der Waals surface area contributed by atoms with Gasteiger partial charge in [-0.3, -0.25) is 9.59 Å². The molecule has 1 amide bonds. The Balaban J connectivity index is 2.08. The van der Waals surface area contributed by atoms with Crippen LogP contribution in [-0.2, 0) is 9.59 Å². The van der Waals surface area contributed by atoms with Gasteiger partial charge < -0.3 is 24.6 Å². The summed E-state index contributed by atoms with van der Waals surface area (Å²) in [6.45, 7) is 8.99. The fraction of sp³-hybridized carbons (Fsp3) is 0.429. The summed E-state index contributed by atoms with van der Waals surface area (Å²) < 4.78 is 11.0. The number of rotatable bonds is 10. The highest BCUT2D eigenvalue weighted by Crippen LogP contribution is 2.42. The number of amides is 1. The van der Waals surface area contributed by atoms with Gasteiger partial charge in [-0.15, -0.1) is 0 Å². The van der Waals surface area contributed by atoms with Gasteiger partial charge in [0.25, 0.3) is 11.7 Å². The number of unbranched alkanes of at least 4 members (excludes halogenated alkanes) is 2. The maximum absolute atomic E-state index is 13.2. The van der Waals surface area contributed by atoms with Crippen LogP contribution in [-0.4, -0.2) is 47.1 Å². The number of Topliss-reactive ketones (excluding diaryl/α,β-unsaturated/α-hetero) is 1. The number of phenols is 1. The monoisotopic (exact) mass is 481 g/mol. The Labute approximate surface area is 207 Å². The van der Waals surface area contributed by atoms with E-state index in [-0.39, 0.29) is 22.8 Å². The minimum absolute atomic E-state index is 0.00585. The molecule has 188 valence electrons. The van der Waals surface area contributed by atoms with E-state index < -0.39 is 17.7 Å². The lowest BCUT2D eigenvalue weighted by molar-refractivity contribution is -0.139. The van der Waals surface area contributed by atoms with E-state index in [4.69, 9.17) is 9.47 Å². The first-order valence-electron chi connectivity index (χ1n) is 12.1. The highest BCUT2D eigenvalue weighted by molar-refractivity contribution is 6.46. The first kappa shape index (κ1) is 26.1. The van der Waals surface area contributed by atoms with Gasteiger partial charge in [0, 0.05) is 12.1 Å². The van der Waals surface area contributed by atoms with Crippen LogP contribution in [0.15, 0.2) is 42.0 Å². The molecule has 2 N–H and O–H groups in total. The van der Waals surface area contributed by atoms with Crippen LogP contribution >= 0.6 is 0 Å². The second-order valence-corrected chi connectivity index (χ2v) is 9.32. The largest absolute Gasteiger partial charge is 0.507 e. The number of aliphatic hydroxyl groups is 1. The maximum atomic E-state index is 13.2. The third-order valence-corrected chi connectivity index (χ3v) is 6.08. The number of benzene rings is 2. The van der Waals surface area contributed by atoms with Crippen LogP contribution in [0, 0.1) is 12.8 Å². The zero-order valence-electron chi connectivity index (χ0n) is 21.1. The third-order valence-electron chi connectivity index (χ3n) is 6.08. The average molecular weight is 482 g/mol. The van der Waals surface area contributed by atoms with E-state index in [1.165, 1.54) is 18.1 Å². The van der Waals surface area contributed by atoms with Crippen LogP contribution in [0.25, 0.3) is 5.76 Å². The van der Waals surface area contributed by atoms with Crippen LogP contribution in [0.4, 0.5) is 0 Å². The molecule has 3 rings (SSSR count). The predicted octanol–water partition coefficient (Wildman–Crippen LogP) is 5.36. The highest BCUT2D eigenvalue weighted by atomic mass is 16.5. The molecule has 1 heterocycles. The number of hydrogen-bond donors (Lipinski definition) is 2. The normalized spacial score (nSPS) is 17.3. The molecule has 7 nitrogen and oxygen atoms in total. The summed E-state index contributed by atoms with van der Waals surface area (Å²) in [4.78, 5) is 27.7. The number of aliphatic hydroxyl groups excluding tert-OH is 1. The number of aromatic hydroxyl groups is 1. The molecule has 2 aromatic carbocycles. The van der Waals surface area contributed by atoms with Crippen LogP contribution < -0.4 is 9.47 Å². The fourth-order valence-corrected chi connectivity index (χ4v) is 4.24. The number of phenolic OH excluding ortho intramolecular Hbond substituents is 1. The molecule has 35 heavy (non-hydrogen) atoms. The van der Waals surface area contributed by atoms with Crippen molar-refractivity contribution in [3.63, 3.8) is 0 Å². The Morgan fingerprint density at radius 3 is 2.40 bits per heavy atom. The van der Waals surface area contributed by atoms with Gasteiger partial charge in [-0.25, -0.2) is 0 Å². The number of likely N-dealkylation sites (tertiary alicyclic amines) is 1. The van der Waals surface area contributed by atoms with E-state index in [2.05, 4.69) is 20.8 Å². The maximum Gasteiger partial charge on any atom is 0.295 e. The zero-order chi connectivity index (χ0) is 25.7. The summed E-state index contributed by atoms with van der Waals surface area (Å²) in [6.07, 6.45) is 2.59. The van der Waals surface area contributed by atoms with E-state index in [0.717, 1.165) is 24.8 Å². The first-order valence-corrected chi connectivity index (χ1v) is 12.1. The molecule has 0 bridgehead atoms. The van der Waals surface area contributed by atoms with Gasteiger partial charge in [-0.2, -0.15) is 0 Å². The standard InChI is InChI=1S/C28H35NO6/c1-6-7-8-13-29-25(19-9-12-23(34-5)21(30)15-19)24(27(32)28(29)33)26(31)20-10-11-22(18(4)14-20)35-16-17(2)3/h9-12,14-15,17,25,30-31H,6-8,13,16H2,1-5H3/b26-24-. The van der Waals surface area contributed by atoms with E-state index >= 15 is 0 Å². The van der Waals surface area contributed by atoms with Gasteiger partial charge >= 0.3 is 0 Å². The van der Waals surface area contributed by atoms with Crippen molar-refractivity contribution in [2.45, 2.75) is 53.0 Å². The molecular weight excluding hydrogens is 446 g/mol. The number of ether oxygens (including phenoxy) is 2. The molecule has 2 aromatic rings. The Morgan fingerprint density at radius 2 is 1.80 bits per heavy atom. The average Bonchev–Trinajstić information content (AvgIpc) is 3.07. The minimum atomic E-state index is -0.819. The number of methoxy groups -OCH3 is 1. The topological polar surface area (TPSA) is 96.3 Å². The Hall–Kier alpha value is -3.48. The molecule has 1 fully saturated rings. The Kier molecular flexibility index (Phi) is 8.43. The van der Waals surface area contributed by atoms with Crippen LogP contribution in [0.5, 0.6) is 17.2 Å². The summed E-state index contributed by atoms with van der Waals surface area (Å²) in [5, 5.41) is 21.7.